The molecule has 6 nitrogen and oxygen atoms in total. The van der Waals surface area contributed by atoms with E-state index in [1.807, 2.05) is 32.7 Å². The normalized spacial score (nSPS) is 11.4. The largest absolute Gasteiger partial charge is 0.492 e. The number of ether oxygens (including phenoxy) is 2. The molecule has 1 rings (SSSR count). The van der Waals surface area contributed by atoms with Crippen LogP contribution in [-0.2, 0) is 9.53 Å². The minimum absolute atomic E-state index is 0. The van der Waals surface area contributed by atoms with E-state index in [-0.39, 0.29) is 42.3 Å². The first-order chi connectivity index (χ1) is 11.2. The molecule has 0 spiro atoms. The summed E-state index contributed by atoms with van der Waals surface area (Å²) in [6.45, 7) is 6.43. The van der Waals surface area contributed by atoms with Crippen LogP contribution in [0.25, 0.3) is 0 Å². The van der Waals surface area contributed by atoms with Crippen LogP contribution in [0.3, 0.4) is 0 Å². The third-order valence-electron chi connectivity index (χ3n) is 2.89. The van der Waals surface area contributed by atoms with Gasteiger partial charge in [0.25, 0.3) is 0 Å². The monoisotopic (exact) mass is 467 g/mol. The molecule has 0 aliphatic carbocycles. The second-order valence-electron chi connectivity index (χ2n) is 6.21. The van der Waals surface area contributed by atoms with Crippen LogP contribution in [0.4, 0.5) is 4.39 Å². The number of guanidine groups is 1. The summed E-state index contributed by atoms with van der Waals surface area (Å²) < 4.78 is 23.6. The highest BCUT2D eigenvalue weighted by atomic mass is 127. The van der Waals surface area contributed by atoms with Gasteiger partial charge in [0.1, 0.15) is 30.3 Å². The minimum Gasteiger partial charge on any atom is -0.492 e. The van der Waals surface area contributed by atoms with Crippen molar-refractivity contribution in [3.8, 4) is 5.75 Å². The lowest BCUT2D eigenvalue weighted by molar-refractivity contribution is -0.153. The number of hydrogen-bond acceptors (Lipinski definition) is 4. The summed E-state index contributed by atoms with van der Waals surface area (Å²) in [7, 11) is 3.47. The maximum absolute atomic E-state index is 12.8. The number of carbonyl (C=O) groups excluding carboxylic acids is 1. The SMILES string of the molecule is CN=C(NCC(=O)OC(C)(C)C)N(C)CCOc1ccc(F)cc1.I. The third kappa shape index (κ3) is 10.1. The Morgan fingerprint density at radius 1 is 1.28 bits per heavy atom. The van der Waals surface area contributed by atoms with Gasteiger partial charge in [-0.3, -0.25) is 9.79 Å². The highest BCUT2D eigenvalue weighted by Gasteiger charge is 2.17. The van der Waals surface area contributed by atoms with Gasteiger partial charge >= 0.3 is 5.97 Å². The Bertz CT molecular complexity index is 559. The van der Waals surface area contributed by atoms with Crippen molar-refractivity contribution in [1.29, 1.82) is 0 Å². The molecule has 0 bridgehead atoms. The van der Waals surface area contributed by atoms with Crippen molar-refractivity contribution in [2.45, 2.75) is 26.4 Å². The molecule has 0 aromatic heterocycles. The van der Waals surface area contributed by atoms with Crippen molar-refractivity contribution in [2.75, 3.05) is 33.8 Å². The Kier molecular flexibility index (Phi) is 10.4. The molecular weight excluding hydrogens is 440 g/mol. The smallest absolute Gasteiger partial charge is 0.325 e. The molecule has 0 heterocycles. The zero-order chi connectivity index (χ0) is 18.2. The molecule has 0 radical (unpaired) electrons. The van der Waals surface area contributed by atoms with Crippen molar-refractivity contribution < 1.29 is 18.7 Å². The van der Waals surface area contributed by atoms with E-state index in [9.17, 15) is 9.18 Å². The first-order valence-electron chi connectivity index (χ1n) is 7.73. The molecule has 0 atom stereocenters. The number of benzene rings is 1. The van der Waals surface area contributed by atoms with Crippen molar-refractivity contribution in [3.63, 3.8) is 0 Å². The van der Waals surface area contributed by atoms with Gasteiger partial charge in [0.2, 0.25) is 0 Å². The van der Waals surface area contributed by atoms with E-state index in [1.54, 1.807) is 19.2 Å². The lowest BCUT2D eigenvalue weighted by Crippen LogP contribution is -2.44. The van der Waals surface area contributed by atoms with Gasteiger partial charge in [-0.25, -0.2) is 4.39 Å². The topological polar surface area (TPSA) is 63.2 Å². The summed E-state index contributed by atoms with van der Waals surface area (Å²) in [4.78, 5) is 17.7. The fourth-order valence-corrected chi connectivity index (χ4v) is 1.85. The van der Waals surface area contributed by atoms with Crippen molar-refractivity contribution >= 4 is 35.9 Å². The predicted molar refractivity (Wildman–Crippen MR) is 107 cm³/mol. The summed E-state index contributed by atoms with van der Waals surface area (Å²) in [5.41, 5.74) is -0.517. The van der Waals surface area contributed by atoms with Crippen molar-refractivity contribution in [2.24, 2.45) is 4.99 Å². The molecule has 8 heteroatoms. The summed E-state index contributed by atoms with van der Waals surface area (Å²) in [6, 6.07) is 5.84. The molecular formula is C17H27FIN3O3. The molecule has 1 aromatic carbocycles. The molecule has 0 saturated heterocycles. The van der Waals surface area contributed by atoms with E-state index in [4.69, 9.17) is 9.47 Å². The van der Waals surface area contributed by atoms with Crippen molar-refractivity contribution in [3.05, 3.63) is 30.1 Å². The number of esters is 1. The summed E-state index contributed by atoms with van der Waals surface area (Å²) in [5, 5.41) is 2.94. The predicted octanol–water partition coefficient (Wildman–Crippen LogP) is 2.67. The molecule has 0 amide bonds. The summed E-state index contributed by atoms with van der Waals surface area (Å²) in [6.07, 6.45) is 0. The summed E-state index contributed by atoms with van der Waals surface area (Å²) >= 11 is 0. The van der Waals surface area contributed by atoms with Gasteiger partial charge in [-0.1, -0.05) is 0 Å². The number of nitrogens with one attached hydrogen (secondary N) is 1. The fraction of sp³-hybridized carbons (Fsp3) is 0.529. The number of likely N-dealkylation sites (N-methyl/N-ethyl adjacent to an activating group) is 1. The molecule has 25 heavy (non-hydrogen) atoms. The van der Waals surface area contributed by atoms with Crippen LogP contribution in [0.5, 0.6) is 5.75 Å². The molecule has 1 N–H and O–H groups in total. The van der Waals surface area contributed by atoms with E-state index in [1.165, 1.54) is 12.1 Å². The average Bonchev–Trinajstić information content (AvgIpc) is 2.48. The zero-order valence-corrected chi connectivity index (χ0v) is 17.7. The van der Waals surface area contributed by atoms with Crippen LogP contribution in [0, 0.1) is 5.82 Å². The van der Waals surface area contributed by atoms with E-state index in [0.717, 1.165) is 0 Å². The van der Waals surface area contributed by atoms with Crippen LogP contribution < -0.4 is 10.1 Å². The fourth-order valence-electron chi connectivity index (χ4n) is 1.85. The number of nitrogens with zero attached hydrogens (tertiary/aromatic N) is 2. The molecule has 1 aromatic rings. The Hall–Kier alpha value is -1.58. The Labute approximate surface area is 165 Å². The Morgan fingerprint density at radius 2 is 1.88 bits per heavy atom. The van der Waals surface area contributed by atoms with E-state index in [0.29, 0.717) is 24.9 Å². The third-order valence-corrected chi connectivity index (χ3v) is 2.89. The number of rotatable bonds is 6. The van der Waals surface area contributed by atoms with Gasteiger partial charge in [-0.2, -0.15) is 0 Å². The molecule has 0 aliphatic heterocycles. The van der Waals surface area contributed by atoms with Gasteiger partial charge in [-0.05, 0) is 45.0 Å². The van der Waals surface area contributed by atoms with Gasteiger partial charge in [0, 0.05) is 14.1 Å². The quantitative estimate of drug-likeness (QED) is 0.302. The van der Waals surface area contributed by atoms with Crippen LogP contribution in [0.1, 0.15) is 20.8 Å². The number of carbonyl (C=O) groups is 1. The zero-order valence-electron chi connectivity index (χ0n) is 15.3. The van der Waals surface area contributed by atoms with Gasteiger partial charge in [0.15, 0.2) is 5.96 Å². The second kappa shape index (κ2) is 11.1. The van der Waals surface area contributed by atoms with E-state index < -0.39 is 5.60 Å². The number of hydrogen-bond donors (Lipinski definition) is 1. The number of aliphatic imine (C=N–C) groups is 1. The molecule has 142 valence electrons. The van der Waals surface area contributed by atoms with Gasteiger partial charge in [-0.15, -0.1) is 24.0 Å². The van der Waals surface area contributed by atoms with Crippen LogP contribution in [0.2, 0.25) is 0 Å². The van der Waals surface area contributed by atoms with Crippen LogP contribution in [0.15, 0.2) is 29.3 Å². The maximum atomic E-state index is 12.8. The molecule has 0 fully saturated rings. The van der Waals surface area contributed by atoms with Crippen molar-refractivity contribution in [1.82, 2.24) is 10.2 Å². The summed E-state index contributed by atoms with van der Waals surface area (Å²) in [5.74, 6) is 0.510. The minimum atomic E-state index is -0.517. The Morgan fingerprint density at radius 3 is 2.40 bits per heavy atom. The lowest BCUT2D eigenvalue weighted by atomic mass is 10.2. The standard InChI is InChI=1S/C17H26FN3O3.HI/c1-17(2,3)24-15(22)12-20-16(19-4)21(5)10-11-23-14-8-6-13(18)7-9-14;/h6-9H,10-12H2,1-5H3,(H,19,20);1H. The maximum Gasteiger partial charge on any atom is 0.325 e. The first-order valence-corrected chi connectivity index (χ1v) is 7.73. The first kappa shape index (κ1) is 23.4. The molecule has 0 unspecified atom stereocenters. The second-order valence-corrected chi connectivity index (χ2v) is 6.21. The Balaban J connectivity index is 0.00000576. The molecule has 0 aliphatic rings. The van der Waals surface area contributed by atoms with Crippen LogP contribution in [-0.4, -0.2) is 56.2 Å². The van der Waals surface area contributed by atoms with E-state index >= 15 is 0 Å². The van der Waals surface area contributed by atoms with Gasteiger partial charge in [0.05, 0.1) is 6.54 Å². The average molecular weight is 467 g/mol. The van der Waals surface area contributed by atoms with Gasteiger partial charge < -0.3 is 19.7 Å². The number of halogens is 2. The lowest BCUT2D eigenvalue weighted by Gasteiger charge is -2.23. The highest BCUT2D eigenvalue weighted by Crippen LogP contribution is 2.10. The van der Waals surface area contributed by atoms with E-state index in [2.05, 4.69) is 10.3 Å². The molecule has 0 saturated carbocycles. The highest BCUT2D eigenvalue weighted by molar-refractivity contribution is 14.0. The van der Waals surface area contributed by atoms with Crippen LogP contribution >= 0.6 is 24.0 Å².